The first-order chi connectivity index (χ1) is 13.6. The van der Waals surface area contributed by atoms with Crippen molar-refractivity contribution >= 4 is 18.0 Å². The molecule has 0 radical (unpaired) electrons. The van der Waals surface area contributed by atoms with Crippen molar-refractivity contribution in [2.24, 2.45) is 29.1 Å². The van der Waals surface area contributed by atoms with Gasteiger partial charge in [-0.3, -0.25) is 9.59 Å². The van der Waals surface area contributed by atoms with Gasteiger partial charge in [0.2, 0.25) is 5.91 Å². The van der Waals surface area contributed by atoms with Gasteiger partial charge in [0.15, 0.2) is 0 Å². The highest BCUT2D eigenvalue weighted by atomic mass is 16.6. The molecule has 4 bridgehead atoms. The maximum Gasteiger partial charge on any atom is 0.409 e. The fourth-order valence-electron chi connectivity index (χ4n) is 6.33. The summed E-state index contributed by atoms with van der Waals surface area (Å²) in [6, 6.07) is 0.0902. The highest BCUT2D eigenvalue weighted by molar-refractivity contribution is 5.82. The lowest BCUT2D eigenvalue weighted by Gasteiger charge is -2.60. The number of alkyl carbamates (subject to hydrolysis) is 1. The van der Waals surface area contributed by atoms with Gasteiger partial charge in [-0.25, -0.2) is 4.79 Å². The number of ether oxygens (including phenoxy) is 2. The molecule has 5 fully saturated rings. The fraction of sp³-hybridized carbons (Fsp3) is 0.864. The third kappa shape index (κ3) is 3.97. The van der Waals surface area contributed by atoms with Gasteiger partial charge in [0.1, 0.15) is 5.60 Å². The van der Waals surface area contributed by atoms with E-state index in [9.17, 15) is 14.4 Å². The van der Waals surface area contributed by atoms with E-state index in [0.29, 0.717) is 17.8 Å². The molecule has 0 saturated heterocycles. The van der Waals surface area contributed by atoms with Crippen molar-refractivity contribution < 1.29 is 23.9 Å². The van der Waals surface area contributed by atoms with Crippen molar-refractivity contribution in [1.29, 1.82) is 0 Å². The molecule has 0 aromatic rings. The van der Waals surface area contributed by atoms with E-state index in [-0.39, 0.29) is 35.9 Å². The van der Waals surface area contributed by atoms with Crippen LogP contribution < -0.4 is 5.32 Å². The number of methoxy groups -OCH3 is 1. The van der Waals surface area contributed by atoms with Crippen LogP contribution in [0.2, 0.25) is 0 Å². The number of carbonyl (C=O) groups is 3. The first-order valence-corrected chi connectivity index (χ1v) is 11.0. The molecule has 7 nitrogen and oxygen atoms in total. The average Bonchev–Trinajstić information content (AvgIpc) is 3.45. The summed E-state index contributed by atoms with van der Waals surface area (Å²) in [6.45, 7) is 5.65. The molecule has 2 amide bonds. The Morgan fingerprint density at radius 3 is 2.21 bits per heavy atom. The van der Waals surface area contributed by atoms with E-state index in [1.165, 1.54) is 7.11 Å². The van der Waals surface area contributed by atoms with Crippen LogP contribution in [0.4, 0.5) is 4.79 Å². The maximum atomic E-state index is 13.1. The van der Waals surface area contributed by atoms with Crippen LogP contribution >= 0.6 is 0 Å². The van der Waals surface area contributed by atoms with E-state index in [2.05, 4.69) is 5.32 Å². The summed E-state index contributed by atoms with van der Waals surface area (Å²) in [5, 5.41) is 2.81. The standard InChI is InChI=1S/C22H34N2O5/c1-21(2,3)29-20(27)23-12-24(18(25)14-5-6-14)17-15-7-13-8-16(17)11-22(9-13,10-15)19(26)28-4/h13-17H,5-12H2,1-4H3,(H,23,27). The monoisotopic (exact) mass is 406 g/mol. The van der Waals surface area contributed by atoms with Gasteiger partial charge in [0, 0.05) is 12.0 Å². The maximum absolute atomic E-state index is 13.1. The molecule has 0 aromatic heterocycles. The van der Waals surface area contributed by atoms with E-state index >= 15 is 0 Å². The van der Waals surface area contributed by atoms with Crippen LogP contribution in [-0.2, 0) is 19.1 Å². The van der Waals surface area contributed by atoms with Gasteiger partial charge >= 0.3 is 12.1 Å². The molecule has 5 aliphatic carbocycles. The number of esters is 1. The molecule has 5 rings (SSSR count). The van der Waals surface area contributed by atoms with E-state index in [1.54, 1.807) is 0 Å². The van der Waals surface area contributed by atoms with Crippen molar-refractivity contribution in [2.75, 3.05) is 13.8 Å². The molecule has 162 valence electrons. The lowest BCUT2D eigenvalue weighted by molar-refractivity contribution is -0.178. The molecule has 1 N–H and O–H groups in total. The topological polar surface area (TPSA) is 84.9 Å². The predicted octanol–water partition coefficient (Wildman–Crippen LogP) is 3.08. The van der Waals surface area contributed by atoms with Gasteiger partial charge < -0.3 is 19.7 Å². The summed E-state index contributed by atoms with van der Waals surface area (Å²) in [7, 11) is 1.48. The number of nitrogens with one attached hydrogen (secondary N) is 1. The Hall–Kier alpha value is -1.79. The van der Waals surface area contributed by atoms with E-state index in [4.69, 9.17) is 9.47 Å². The highest BCUT2D eigenvalue weighted by Crippen LogP contribution is 2.61. The van der Waals surface area contributed by atoms with E-state index in [1.807, 2.05) is 25.7 Å². The largest absolute Gasteiger partial charge is 0.469 e. The molecule has 5 saturated carbocycles. The Morgan fingerprint density at radius 1 is 1.07 bits per heavy atom. The van der Waals surface area contributed by atoms with Gasteiger partial charge in [-0.2, -0.15) is 0 Å². The summed E-state index contributed by atoms with van der Waals surface area (Å²) in [6.07, 6.45) is 5.97. The summed E-state index contributed by atoms with van der Waals surface area (Å²) in [5.41, 5.74) is -0.945. The third-order valence-electron chi connectivity index (χ3n) is 7.20. The summed E-state index contributed by atoms with van der Waals surface area (Å²) in [5.74, 6) is 1.28. The molecule has 0 spiro atoms. The normalized spacial score (nSPS) is 35.2. The van der Waals surface area contributed by atoms with Crippen molar-refractivity contribution in [3.8, 4) is 0 Å². The highest BCUT2D eigenvalue weighted by Gasteiger charge is 2.61. The Kier molecular flexibility index (Phi) is 5.06. The van der Waals surface area contributed by atoms with Crippen LogP contribution in [0.25, 0.3) is 0 Å². The minimum Gasteiger partial charge on any atom is -0.469 e. The van der Waals surface area contributed by atoms with Gasteiger partial charge in [-0.1, -0.05) is 0 Å². The Morgan fingerprint density at radius 2 is 1.69 bits per heavy atom. The van der Waals surface area contributed by atoms with Crippen LogP contribution in [-0.4, -0.2) is 48.3 Å². The van der Waals surface area contributed by atoms with Crippen molar-refractivity contribution in [3.05, 3.63) is 0 Å². The van der Waals surface area contributed by atoms with Gasteiger partial charge in [0.05, 0.1) is 19.2 Å². The van der Waals surface area contributed by atoms with Crippen molar-refractivity contribution in [3.63, 3.8) is 0 Å². The third-order valence-corrected chi connectivity index (χ3v) is 7.20. The van der Waals surface area contributed by atoms with Crippen LogP contribution in [0.1, 0.15) is 65.7 Å². The number of carbonyl (C=O) groups excluding carboxylic acids is 3. The van der Waals surface area contributed by atoms with Crippen LogP contribution in [0.5, 0.6) is 0 Å². The van der Waals surface area contributed by atoms with Crippen LogP contribution in [0, 0.1) is 29.1 Å². The number of hydrogen-bond acceptors (Lipinski definition) is 5. The molecular formula is C22H34N2O5. The molecule has 0 heterocycles. The molecule has 29 heavy (non-hydrogen) atoms. The first kappa shape index (κ1) is 20.5. The van der Waals surface area contributed by atoms with Gasteiger partial charge in [-0.05, 0) is 83.5 Å². The summed E-state index contributed by atoms with van der Waals surface area (Å²) in [4.78, 5) is 39.8. The number of nitrogens with zero attached hydrogens (tertiary/aromatic N) is 1. The van der Waals surface area contributed by atoms with Crippen molar-refractivity contribution in [1.82, 2.24) is 10.2 Å². The molecule has 2 unspecified atom stereocenters. The summed E-state index contributed by atoms with van der Waals surface area (Å²) < 4.78 is 10.5. The zero-order valence-corrected chi connectivity index (χ0v) is 18.0. The predicted molar refractivity (Wildman–Crippen MR) is 106 cm³/mol. The van der Waals surface area contributed by atoms with Crippen molar-refractivity contribution in [2.45, 2.75) is 77.4 Å². The molecule has 7 heteroatoms. The lowest BCUT2D eigenvalue weighted by Crippen LogP contribution is -2.63. The second kappa shape index (κ2) is 7.17. The van der Waals surface area contributed by atoms with Crippen LogP contribution in [0.15, 0.2) is 0 Å². The number of amides is 2. The second-order valence-corrected chi connectivity index (χ2v) is 10.7. The zero-order chi connectivity index (χ0) is 21.0. The van der Waals surface area contributed by atoms with Crippen LogP contribution in [0.3, 0.4) is 0 Å². The number of hydrogen-bond donors (Lipinski definition) is 1. The Balaban J connectivity index is 1.51. The van der Waals surface area contributed by atoms with Gasteiger partial charge in [0.25, 0.3) is 0 Å². The molecule has 5 aliphatic rings. The quantitative estimate of drug-likeness (QED) is 0.560. The van der Waals surface area contributed by atoms with E-state index in [0.717, 1.165) is 44.9 Å². The first-order valence-electron chi connectivity index (χ1n) is 11.0. The Bertz CT molecular complexity index is 680. The smallest absolute Gasteiger partial charge is 0.409 e. The second-order valence-electron chi connectivity index (χ2n) is 10.7. The summed E-state index contributed by atoms with van der Waals surface area (Å²) >= 11 is 0. The van der Waals surface area contributed by atoms with Gasteiger partial charge in [-0.15, -0.1) is 0 Å². The zero-order valence-electron chi connectivity index (χ0n) is 18.0. The lowest BCUT2D eigenvalue weighted by atomic mass is 9.47. The van der Waals surface area contributed by atoms with E-state index < -0.39 is 11.7 Å². The molecule has 0 aliphatic heterocycles. The minimum absolute atomic E-state index is 0.0812. The Labute approximate surface area is 172 Å². The fourth-order valence-corrected chi connectivity index (χ4v) is 6.33. The minimum atomic E-state index is -0.578. The average molecular weight is 407 g/mol. The number of rotatable bonds is 5. The molecule has 2 atom stereocenters. The molecular weight excluding hydrogens is 372 g/mol. The SMILES string of the molecule is COC(=O)C12CC3CC(C1)C(N(CNC(=O)OC(C)(C)C)C(=O)C1CC1)C(C3)C2. The molecule has 0 aromatic carbocycles.